The van der Waals surface area contributed by atoms with E-state index in [9.17, 15) is 0 Å². The summed E-state index contributed by atoms with van der Waals surface area (Å²) in [7, 11) is 0. The van der Waals surface area contributed by atoms with Gasteiger partial charge in [0.05, 0.1) is 0 Å². The second kappa shape index (κ2) is 20.3. The van der Waals surface area contributed by atoms with Gasteiger partial charge in [0.15, 0.2) is 0 Å². The maximum absolute atomic E-state index is 8.36. The first-order chi connectivity index (χ1) is 1.41. The molecule has 0 aromatic carbocycles. The predicted molar refractivity (Wildman–Crippen MR) is 16.7 cm³/mol. The van der Waals surface area contributed by atoms with Crippen molar-refractivity contribution in [3.05, 3.63) is 0 Å². The van der Waals surface area contributed by atoms with Crippen LogP contribution >= 0.6 is 0 Å². The summed E-state index contributed by atoms with van der Waals surface area (Å²) in [5.74, 6) is 0. The Kier molecular flexibility index (Phi) is 68.0. The van der Waals surface area contributed by atoms with Crippen LogP contribution in [0, 0.1) is 0 Å². The third-order valence-corrected chi connectivity index (χ3v) is 0. The van der Waals surface area contributed by atoms with Gasteiger partial charge in [-0.3, -0.25) is 4.79 Å². The van der Waals surface area contributed by atoms with Crippen LogP contribution in [-0.2, 0) is 26.5 Å². The molecule has 1 N–H and O–H groups in total. The quantitative estimate of drug-likeness (QED) is 0.347. The molecule has 0 bridgehead atoms. The van der Waals surface area contributed by atoms with Gasteiger partial charge in [-0.05, 0) is 0 Å². The summed E-state index contributed by atoms with van der Waals surface area (Å²) in [6, 6.07) is 0. The molecule has 5 heavy (non-hydrogen) atoms. The van der Waals surface area contributed by atoms with Crippen LogP contribution < -0.4 is 0 Å². The van der Waals surface area contributed by atoms with E-state index < -0.39 is 0 Å². The molecule has 0 saturated carbocycles. The second-order valence-corrected chi connectivity index (χ2v) is 0.105. The van der Waals surface area contributed by atoms with E-state index in [2.05, 4.69) is 0 Å². The Morgan fingerprint density at radius 1 is 1.80 bits per heavy atom. The Morgan fingerprint density at radius 2 is 1.80 bits per heavy atom. The van der Waals surface area contributed by atoms with Crippen LogP contribution in [0.2, 0.25) is 0 Å². The van der Waals surface area contributed by atoms with E-state index in [0.717, 1.165) is 0 Å². The molecule has 0 aliphatic rings. The van der Waals surface area contributed by atoms with E-state index in [0.29, 0.717) is 0 Å². The summed E-state index contributed by atoms with van der Waals surface area (Å²) in [6.45, 7) is -0.250. The van der Waals surface area contributed by atoms with Crippen molar-refractivity contribution in [2.24, 2.45) is 0 Å². The molecule has 0 aromatic heterocycles. The Bertz CT molecular complexity index is 23.2. The molecule has 0 atom stereocenters. The Labute approximate surface area is 63.9 Å². The third kappa shape index (κ3) is 47.7. The molecule has 2 nitrogen and oxygen atoms in total. The maximum atomic E-state index is 8.36. The van der Waals surface area contributed by atoms with Crippen molar-refractivity contribution in [3.63, 3.8) is 0 Å². The van der Waals surface area contributed by atoms with E-state index >= 15 is 0 Å². The van der Waals surface area contributed by atoms with E-state index in [1.54, 1.807) is 0 Å². The average Bonchev–Trinajstić information content (AvgIpc) is 0.918. The van der Waals surface area contributed by atoms with Crippen LogP contribution in [0.25, 0.3) is 0 Å². The van der Waals surface area contributed by atoms with Crippen molar-refractivity contribution < 1.29 is 34.5 Å². The fourth-order valence-electron chi connectivity index (χ4n) is 0. The van der Waals surface area contributed by atoms with Crippen LogP contribution in [-0.4, -0.2) is 34.6 Å². The van der Waals surface area contributed by atoms with Crippen molar-refractivity contribution in [2.75, 3.05) is 0 Å². The molecular formula is CH4MgO2Ti. The molecular weight excluding hydrogens is 116 g/mol. The van der Waals surface area contributed by atoms with E-state index in [1.807, 2.05) is 0 Å². The summed E-state index contributed by atoms with van der Waals surface area (Å²) in [6.07, 6.45) is 0. The van der Waals surface area contributed by atoms with Gasteiger partial charge in [0, 0.05) is 21.7 Å². The van der Waals surface area contributed by atoms with E-state index in [4.69, 9.17) is 9.90 Å². The van der Waals surface area contributed by atoms with Gasteiger partial charge in [0.2, 0.25) is 0 Å². The van der Waals surface area contributed by atoms with Gasteiger partial charge in [-0.1, -0.05) is 0 Å². The summed E-state index contributed by atoms with van der Waals surface area (Å²) in [5.41, 5.74) is 0. The molecule has 0 saturated heterocycles. The number of carboxylic acid groups (broad SMARTS) is 1. The molecule has 0 rings (SSSR count). The van der Waals surface area contributed by atoms with Gasteiger partial charge >= 0.3 is 23.1 Å². The van der Waals surface area contributed by atoms with Crippen LogP contribution in [0.4, 0.5) is 0 Å². The van der Waals surface area contributed by atoms with Gasteiger partial charge in [-0.15, -0.1) is 0 Å². The summed E-state index contributed by atoms with van der Waals surface area (Å²) in [4.78, 5) is 8.36. The topological polar surface area (TPSA) is 37.3 Å². The van der Waals surface area contributed by atoms with Gasteiger partial charge < -0.3 is 7.96 Å². The van der Waals surface area contributed by atoms with Crippen molar-refractivity contribution >= 4 is 29.5 Å². The minimum atomic E-state index is -0.250. The first kappa shape index (κ1) is 16.8. The van der Waals surface area contributed by atoms with Crippen LogP contribution in [0.5, 0.6) is 0 Å². The average molecular weight is 120 g/mol. The molecule has 0 fully saturated rings. The molecule has 26 valence electrons. The standard InChI is InChI=1S/CH2O2.Mg.Ti.2H/c2-1-3;;;;/h1H,(H,2,3);;;;/q;+2;;2*-1. The van der Waals surface area contributed by atoms with Crippen molar-refractivity contribution in [1.29, 1.82) is 0 Å². The number of hydrogen-bond acceptors (Lipinski definition) is 1. The summed E-state index contributed by atoms with van der Waals surface area (Å²) >= 11 is 0. The zero-order valence-electron chi connectivity index (χ0n) is 4.64. The van der Waals surface area contributed by atoms with Crippen molar-refractivity contribution in [3.8, 4) is 0 Å². The minimum absolute atomic E-state index is 0. The zero-order valence-corrected chi connectivity index (χ0v) is 5.62. The first-order valence-electron chi connectivity index (χ1n) is 0.494. The Morgan fingerprint density at radius 3 is 1.80 bits per heavy atom. The molecule has 4 heteroatoms. The van der Waals surface area contributed by atoms with Gasteiger partial charge in [0.25, 0.3) is 6.47 Å². The monoisotopic (exact) mass is 120 g/mol. The van der Waals surface area contributed by atoms with Gasteiger partial charge in [-0.25, -0.2) is 0 Å². The largest absolute Gasteiger partial charge is 2.00 e. The van der Waals surface area contributed by atoms with Crippen LogP contribution in [0.1, 0.15) is 2.85 Å². The molecule has 0 radical (unpaired) electrons. The number of hydrogen-bond donors (Lipinski definition) is 1. The van der Waals surface area contributed by atoms with Crippen molar-refractivity contribution in [2.45, 2.75) is 0 Å². The minimum Gasteiger partial charge on any atom is -1.00 e. The maximum Gasteiger partial charge on any atom is 2.00 e. The Hall–Kier alpha value is 0.951. The van der Waals surface area contributed by atoms with Gasteiger partial charge in [0.1, 0.15) is 0 Å². The number of carbonyl (C=O) groups is 1. The normalized spacial score (nSPS) is 2.40. The molecule has 0 aliphatic carbocycles. The third-order valence-electron chi connectivity index (χ3n) is 0. The fourth-order valence-corrected chi connectivity index (χ4v) is 0. The zero-order chi connectivity index (χ0) is 2.71. The second-order valence-electron chi connectivity index (χ2n) is 0.105. The van der Waals surface area contributed by atoms with E-state index in [1.165, 1.54) is 0 Å². The molecule has 0 spiro atoms. The van der Waals surface area contributed by atoms with Gasteiger partial charge in [-0.2, -0.15) is 0 Å². The predicted octanol–water partition coefficient (Wildman–Crippen LogP) is -0.457. The van der Waals surface area contributed by atoms with Crippen LogP contribution in [0.3, 0.4) is 0 Å². The molecule has 0 aliphatic heterocycles. The molecule has 0 aromatic rings. The number of rotatable bonds is 0. The fraction of sp³-hybridized carbons (Fsp3) is 0. The van der Waals surface area contributed by atoms with Crippen molar-refractivity contribution in [1.82, 2.24) is 0 Å². The van der Waals surface area contributed by atoms with Crippen LogP contribution in [0.15, 0.2) is 0 Å². The molecule has 0 heterocycles. The Balaban J connectivity index is -0.00000000333. The smallest absolute Gasteiger partial charge is 1.00 e. The van der Waals surface area contributed by atoms with E-state index in [-0.39, 0.29) is 54.1 Å². The SMILES string of the molecule is O=CO.[H-].[H-].[Mg+2].[Ti]. The molecule has 0 unspecified atom stereocenters. The first-order valence-corrected chi connectivity index (χ1v) is 0.494. The summed E-state index contributed by atoms with van der Waals surface area (Å²) < 4.78 is 0. The molecule has 0 amide bonds. The summed E-state index contributed by atoms with van der Waals surface area (Å²) in [5, 5.41) is 6.89.